The number of nitrogens with one attached hydrogen (secondary N) is 1. The summed E-state index contributed by atoms with van der Waals surface area (Å²) in [5.74, 6) is 1.58. The molecule has 2 rings (SSSR count). The maximum atomic E-state index is 5.15. The number of pyridine rings is 1. The topological polar surface area (TPSA) is 46.5 Å². The van der Waals surface area contributed by atoms with Crippen molar-refractivity contribution in [3.05, 3.63) is 54.2 Å². The highest BCUT2D eigenvalue weighted by Crippen LogP contribution is 2.13. The van der Waals surface area contributed by atoms with Gasteiger partial charge in [-0.15, -0.1) is 0 Å². The van der Waals surface area contributed by atoms with Crippen molar-refractivity contribution in [1.29, 1.82) is 0 Å². The minimum Gasteiger partial charge on any atom is -0.497 e. The van der Waals surface area contributed by atoms with Gasteiger partial charge < -0.3 is 4.74 Å². The normalized spacial score (nSPS) is 11.2. The summed E-state index contributed by atoms with van der Waals surface area (Å²) in [5, 5.41) is 4.40. The highest BCUT2D eigenvalue weighted by molar-refractivity contribution is 6.00. The van der Waals surface area contributed by atoms with Crippen LogP contribution in [0.25, 0.3) is 0 Å². The zero-order valence-electron chi connectivity index (χ0n) is 11.1. The van der Waals surface area contributed by atoms with E-state index in [-0.39, 0.29) is 0 Å². The monoisotopic (exact) mass is 255 g/mol. The number of hydrogen-bond acceptors (Lipinski definition) is 4. The van der Waals surface area contributed by atoms with Gasteiger partial charge in [-0.3, -0.25) is 5.43 Å². The van der Waals surface area contributed by atoms with Crippen LogP contribution < -0.4 is 10.2 Å². The van der Waals surface area contributed by atoms with E-state index in [2.05, 4.69) is 22.4 Å². The Balaban J connectivity index is 2.14. The van der Waals surface area contributed by atoms with Crippen molar-refractivity contribution in [2.24, 2.45) is 5.10 Å². The first-order valence-corrected chi connectivity index (χ1v) is 6.21. The largest absolute Gasteiger partial charge is 0.497 e. The zero-order valence-corrected chi connectivity index (χ0v) is 11.1. The molecule has 0 spiro atoms. The lowest BCUT2D eigenvalue weighted by molar-refractivity contribution is 0.415. The van der Waals surface area contributed by atoms with Gasteiger partial charge in [0.1, 0.15) is 11.6 Å². The summed E-state index contributed by atoms with van der Waals surface area (Å²) >= 11 is 0. The zero-order chi connectivity index (χ0) is 13.5. The molecule has 98 valence electrons. The molecule has 2 aromatic rings. The predicted molar refractivity (Wildman–Crippen MR) is 77.7 cm³/mol. The molecule has 0 aliphatic carbocycles. The molecule has 0 saturated carbocycles. The van der Waals surface area contributed by atoms with Crippen molar-refractivity contribution in [2.75, 3.05) is 12.5 Å². The Bertz CT molecular complexity index is 535. The molecule has 1 aromatic heterocycles. The Kier molecular flexibility index (Phi) is 4.50. The molecule has 1 heterocycles. The Hall–Kier alpha value is -2.36. The predicted octanol–water partition coefficient (Wildman–Crippen LogP) is 3.32. The van der Waals surface area contributed by atoms with E-state index in [1.165, 1.54) is 0 Å². The number of aromatic nitrogens is 1. The molecular weight excluding hydrogens is 238 g/mol. The Morgan fingerprint density at radius 2 is 2.00 bits per heavy atom. The van der Waals surface area contributed by atoms with E-state index in [4.69, 9.17) is 4.74 Å². The number of benzene rings is 1. The van der Waals surface area contributed by atoms with E-state index in [1.54, 1.807) is 13.3 Å². The van der Waals surface area contributed by atoms with E-state index >= 15 is 0 Å². The second-order valence-electron chi connectivity index (χ2n) is 3.97. The lowest BCUT2D eigenvalue weighted by Gasteiger charge is -2.06. The number of methoxy groups -OCH3 is 1. The molecule has 4 heteroatoms. The summed E-state index contributed by atoms with van der Waals surface area (Å²) in [6.45, 7) is 2.07. The van der Waals surface area contributed by atoms with Crippen LogP contribution in [0.5, 0.6) is 5.75 Å². The van der Waals surface area contributed by atoms with Gasteiger partial charge in [0.25, 0.3) is 0 Å². The Labute approximate surface area is 113 Å². The lowest BCUT2D eigenvalue weighted by Crippen LogP contribution is -2.03. The molecule has 0 unspecified atom stereocenters. The van der Waals surface area contributed by atoms with E-state index in [0.717, 1.165) is 29.3 Å². The standard InChI is InChI=1S/C15H17N3O/c1-3-14(12-7-9-13(19-2)10-8-12)17-18-15-6-4-5-11-16-15/h4-11H,3H2,1-2H3,(H,16,18)/b17-14-. The second-order valence-corrected chi connectivity index (χ2v) is 3.97. The first-order valence-electron chi connectivity index (χ1n) is 6.21. The van der Waals surface area contributed by atoms with Crippen molar-refractivity contribution in [2.45, 2.75) is 13.3 Å². The minimum absolute atomic E-state index is 0.738. The fourth-order valence-electron chi connectivity index (χ4n) is 1.68. The van der Waals surface area contributed by atoms with Crippen molar-refractivity contribution in [1.82, 2.24) is 4.98 Å². The number of rotatable bonds is 5. The van der Waals surface area contributed by atoms with Gasteiger partial charge in [-0.1, -0.05) is 13.0 Å². The third kappa shape index (κ3) is 3.55. The first-order chi connectivity index (χ1) is 9.33. The van der Waals surface area contributed by atoms with Crippen molar-refractivity contribution in [3.8, 4) is 5.75 Å². The van der Waals surface area contributed by atoms with Crippen LogP contribution in [0.15, 0.2) is 53.8 Å². The smallest absolute Gasteiger partial charge is 0.146 e. The molecule has 4 nitrogen and oxygen atoms in total. The van der Waals surface area contributed by atoms with Crippen molar-refractivity contribution >= 4 is 11.5 Å². The van der Waals surface area contributed by atoms with Crippen LogP contribution in [0.4, 0.5) is 5.82 Å². The van der Waals surface area contributed by atoms with Crippen molar-refractivity contribution < 1.29 is 4.74 Å². The van der Waals surface area contributed by atoms with Gasteiger partial charge in [-0.2, -0.15) is 5.10 Å². The molecular formula is C15H17N3O. The highest BCUT2D eigenvalue weighted by atomic mass is 16.5. The van der Waals surface area contributed by atoms with Gasteiger partial charge in [0.05, 0.1) is 12.8 Å². The van der Waals surface area contributed by atoms with Gasteiger partial charge in [0.15, 0.2) is 0 Å². The number of ether oxygens (including phenoxy) is 1. The fraction of sp³-hybridized carbons (Fsp3) is 0.200. The molecule has 0 radical (unpaired) electrons. The van der Waals surface area contributed by atoms with Gasteiger partial charge in [-0.05, 0) is 48.4 Å². The van der Waals surface area contributed by atoms with Gasteiger partial charge in [0.2, 0.25) is 0 Å². The van der Waals surface area contributed by atoms with Crippen LogP contribution >= 0.6 is 0 Å². The summed E-state index contributed by atoms with van der Waals surface area (Å²) in [4.78, 5) is 4.17. The summed E-state index contributed by atoms with van der Waals surface area (Å²) < 4.78 is 5.15. The molecule has 19 heavy (non-hydrogen) atoms. The van der Waals surface area contributed by atoms with Crippen LogP contribution in [-0.4, -0.2) is 17.8 Å². The summed E-state index contributed by atoms with van der Waals surface area (Å²) in [6, 6.07) is 13.5. The third-order valence-electron chi connectivity index (χ3n) is 2.73. The molecule has 1 N–H and O–H groups in total. The van der Waals surface area contributed by atoms with Gasteiger partial charge in [-0.25, -0.2) is 4.98 Å². The SMILES string of the molecule is CC/C(=N/Nc1ccccn1)c1ccc(OC)cc1. The lowest BCUT2D eigenvalue weighted by atomic mass is 10.1. The number of anilines is 1. The summed E-state index contributed by atoms with van der Waals surface area (Å²) in [5.41, 5.74) is 5.02. The van der Waals surface area contributed by atoms with E-state index in [0.29, 0.717) is 0 Å². The van der Waals surface area contributed by atoms with Gasteiger partial charge >= 0.3 is 0 Å². The van der Waals surface area contributed by atoms with Crippen LogP contribution in [0.1, 0.15) is 18.9 Å². The molecule has 0 atom stereocenters. The summed E-state index contributed by atoms with van der Waals surface area (Å²) in [6.07, 6.45) is 2.57. The fourth-order valence-corrected chi connectivity index (χ4v) is 1.68. The number of hydrazone groups is 1. The highest BCUT2D eigenvalue weighted by Gasteiger charge is 2.02. The molecule has 0 bridgehead atoms. The Morgan fingerprint density at radius 3 is 2.58 bits per heavy atom. The first kappa shape index (κ1) is 13.1. The second kappa shape index (κ2) is 6.54. The average Bonchev–Trinajstić information content (AvgIpc) is 2.49. The van der Waals surface area contributed by atoms with Crippen LogP contribution in [0.3, 0.4) is 0 Å². The molecule has 0 aliphatic heterocycles. The van der Waals surface area contributed by atoms with Gasteiger partial charge in [0, 0.05) is 6.20 Å². The quantitative estimate of drug-likeness (QED) is 0.658. The Morgan fingerprint density at radius 1 is 1.21 bits per heavy atom. The number of nitrogens with zero attached hydrogens (tertiary/aromatic N) is 2. The van der Waals surface area contributed by atoms with Crippen LogP contribution in [0, 0.1) is 0 Å². The van der Waals surface area contributed by atoms with Crippen molar-refractivity contribution in [3.63, 3.8) is 0 Å². The number of hydrogen-bond donors (Lipinski definition) is 1. The van der Waals surface area contributed by atoms with E-state index < -0.39 is 0 Å². The molecule has 1 aromatic carbocycles. The third-order valence-corrected chi connectivity index (χ3v) is 2.73. The van der Waals surface area contributed by atoms with Crippen LogP contribution in [-0.2, 0) is 0 Å². The maximum Gasteiger partial charge on any atom is 0.146 e. The van der Waals surface area contributed by atoms with E-state index in [9.17, 15) is 0 Å². The molecule has 0 aliphatic rings. The van der Waals surface area contributed by atoms with Crippen LogP contribution in [0.2, 0.25) is 0 Å². The average molecular weight is 255 g/mol. The molecule has 0 saturated heterocycles. The van der Waals surface area contributed by atoms with E-state index in [1.807, 2.05) is 42.5 Å². The molecule has 0 fully saturated rings. The maximum absolute atomic E-state index is 5.15. The minimum atomic E-state index is 0.738. The summed E-state index contributed by atoms with van der Waals surface area (Å²) in [7, 11) is 1.66. The molecule has 0 amide bonds.